The summed E-state index contributed by atoms with van der Waals surface area (Å²) in [4.78, 5) is 2.28. The van der Waals surface area contributed by atoms with Crippen LogP contribution < -0.4 is 10.6 Å². The van der Waals surface area contributed by atoms with Crippen LogP contribution in [-0.4, -0.2) is 22.8 Å². The second kappa shape index (κ2) is 9.91. The average molecular weight is 419 g/mol. The van der Waals surface area contributed by atoms with Crippen molar-refractivity contribution in [2.24, 2.45) is 4.76 Å². The first-order chi connectivity index (χ1) is 14.4. The highest BCUT2D eigenvalue weighted by atomic mass is 31.2. The largest absolute Gasteiger partial charge is 0.355 e. The van der Waals surface area contributed by atoms with E-state index in [9.17, 15) is 4.57 Å². The molecule has 0 bridgehead atoms. The van der Waals surface area contributed by atoms with Crippen LogP contribution in [0.1, 0.15) is 33.3 Å². The van der Waals surface area contributed by atoms with Crippen LogP contribution >= 0.6 is 7.29 Å². The van der Waals surface area contributed by atoms with Crippen molar-refractivity contribution in [3.8, 4) is 0 Å². The molecule has 3 rings (SSSR count). The highest BCUT2D eigenvalue weighted by Crippen LogP contribution is 2.45. The van der Waals surface area contributed by atoms with Crippen LogP contribution in [0.4, 0.5) is 0 Å². The van der Waals surface area contributed by atoms with Crippen LogP contribution in [0, 0.1) is 0 Å². The summed E-state index contributed by atoms with van der Waals surface area (Å²) in [5.41, 5.74) is 1.16. The lowest BCUT2D eigenvalue weighted by Gasteiger charge is -2.35. The molecule has 0 heterocycles. The van der Waals surface area contributed by atoms with Crippen LogP contribution in [-0.2, 0) is 11.0 Å². The Morgan fingerprint density at radius 2 is 1.13 bits per heavy atom. The lowest BCUT2D eigenvalue weighted by Crippen LogP contribution is -2.43. The minimum atomic E-state index is -3.20. The van der Waals surface area contributed by atoms with Crippen molar-refractivity contribution in [1.29, 1.82) is 0 Å². The molecule has 0 atom stereocenters. The SMILES string of the molecule is CC(C)N(C(Cc1ccccc1)=NP(=O)(c1ccccc1)c1ccccc1)C(C)C. The van der Waals surface area contributed by atoms with Crippen molar-refractivity contribution in [3.63, 3.8) is 0 Å². The predicted octanol–water partition coefficient (Wildman–Crippen LogP) is 5.68. The smallest absolute Gasteiger partial charge is 0.249 e. The normalized spacial score (nSPS) is 12.4. The minimum Gasteiger partial charge on any atom is -0.355 e. The summed E-state index contributed by atoms with van der Waals surface area (Å²) in [7, 11) is -3.20. The molecular formula is C26H31N2OP. The van der Waals surface area contributed by atoms with Crippen molar-refractivity contribution in [2.75, 3.05) is 0 Å². The Morgan fingerprint density at radius 1 is 0.733 bits per heavy atom. The molecule has 3 aromatic rings. The molecular weight excluding hydrogens is 387 g/mol. The molecule has 0 saturated carbocycles. The fourth-order valence-corrected chi connectivity index (χ4v) is 6.02. The maximum absolute atomic E-state index is 14.6. The van der Waals surface area contributed by atoms with Gasteiger partial charge in [-0.15, -0.1) is 0 Å². The third-order valence-electron chi connectivity index (χ3n) is 5.08. The van der Waals surface area contributed by atoms with E-state index in [4.69, 9.17) is 4.76 Å². The Balaban J connectivity index is 2.21. The second-order valence-electron chi connectivity index (χ2n) is 8.02. The molecule has 0 spiro atoms. The summed E-state index contributed by atoms with van der Waals surface area (Å²) in [6, 6.07) is 30.1. The lowest BCUT2D eigenvalue weighted by atomic mass is 10.1. The second-order valence-corrected chi connectivity index (χ2v) is 10.4. The zero-order chi connectivity index (χ0) is 21.6. The monoisotopic (exact) mass is 418 g/mol. The standard InChI is InChI=1S/C26H31N2OP/c1-21(2)28(22(3)4)26(20-23-14-8-5-9-15-23)27-30(29,24-16-10-6-11-17-24)25-18-12-7-13-19-25/h5-19,21-22H,20H2,1-4H3. The van der Waals surface area contributed by atoms with Gasteiger partial charge in [0.15, 0.2) is 0 Å². The Hall–Kier alpha value is -2.64. The first-order valence-electron chi connectivity index (χ1n) is 10.5. The maximum Gasteiger partial charge on any atom is 0.249 e. The zero-order valence-electron chi connectivity index (χ0n) is 18.3. The molecule has 3 nitrogen and oxygen atoms in total. The van der Waals surface area contributed by atoms with E-state index in [1.165, 1.54) is 0 Å². The van der Waals surface area contributed by atoms with Crippen molar-refractivity contribution in [3.05, 3.63) is 96.6 Å². The van der Waals surface area contributed by atoms with Gasteiger partial charge in [-0.3, -0.25) is 4.57 Å². The van der Waals surface area contributed by atoms with Gasteiger partial charge in [0, 0.05) is 29.1 Å². The van der Waals surface area contributed by atoms with E-state index in [0.29, 0.717) is 6.42 Å². The van der Waals surface area contributed by atoms with Crippen LogP contribution in [0.3, 0.4) is 0 Å². The Labute approximate surface area is 180 Å². The van der Waals surface area contributed by atoms with E-state index in [-0.39, 0.29) is 12.1 Å². The Bertz CT molecular complexity index is 947. The zero-order valence-corrected chi connectivity index (χ0v) is 19.2. The number of hydrogen-bond acceptors (Lipinski definition) is 1. The van der Waals surface area contributed by atoms with Gasteiger partial charge in [0.2, 0.25) is 7.29 Å². The molecule has 156 valence electrons. The van der Waals surface area contributed by atoms with E-state index in [1.807, 2.05) is 78.9 Å². The molecule has 30 heavy (non-hydrogen) atoms. The molecule has 4 heteroatoms. The average Bonchev–Trinajstić information content (AvgIpc) is 2.75. The summed E-state index contributed by atoms with van der Waals surface area (Å²) in [5.74, 6) is 0.863. The molecule has 0 saturated heterocycles. The minimum absolute atomic E-state index is 0.243. The Morgan fingerprint density at radius 3 is 1.53 bits per heavy atom. The number of nitrogens with zero attached hydrogens (tertiary/aromatic N) is 2. The Kier molecular flexibility index (Phi) is 7.29. The lowest BCUT2D eigenvalue weighted by molar-refractivity contribution is 0.288. The third kappa shape index (κ3) is 5.09. The fraction of sp³-hybridized carbons (Fsp3) is 0.269. The van der Waals surface area contributed by atoms with Crippen molar-refractivity contribution in [2.45, 2.75) is 46.2 Å². The summed E-state index contributed by atoms with van der Waals surface area (Å²) in [6.45, 7) is 8.65. The van der Waals surface area contributed by atoms with Crippen LogP contribution in [0.25, 0.3) is 0 Å². The molecule has 0 N–H and O–H groups in total. The van der Waals surface area contributed by atoms with Gasteiger partial charge in [0.05, 0.1) is 0 Å². The highest BCUT2D eigenvalue weighted by molar-refractivity contribution is 7.77. The van der Waals surface area contributed by atoms with Gasteiger partial charge in [0.1, 0.15) is 5.84 Å². The highest BCUT2D eigenvalue weighted by Gasteiger charge is 2.29. The van der Waals surface area contributed by atoms with Crippen LogP contribution in [0.15, 0.2) is 95.8 Å². The summed E-state index contributed by atoms with van der Waals surface area (Å²) in [5, 5.41) is 1.52. The van der Waals surface area contributed by atoms with E-state index < -0.39 is 7.29 Å². The number of rotatable bonds is 7. The van der Waals surface area contributed by atoms with Crippen molar-refractivity contribution < 1.29 is 4.57 Å². The van der Waals surface area contributed by atoms with Crippen molar-refractivity contribution >= 4 is 23.7 Å². The van der Waals surface area contributed by atoms with Gasteiger partial charge in [-0.25, -0.2) is 4.76 Å². The first kappa shape index (κ1) is 22.1. The number of benzene rings is 3. The van der Waals surface area contributed by atoms with Gasteiger partial charge in [0.25, 0.3) is 0 Å². The molecule has 0 aliphatic heterocycles. The summed E-state index contributed by atoms with van der Waals surface area (Å²) >= 11 is 0. The van der Waals surface area contributed by atoms with Crippen molar-refractivity contribution in [1.82, 2.24) is 4.90 Å². The quantitative estimate of drug-likeness (QED) is 0.281. The molecule has 0 radical (unpaired) electrons. The van der Waals surface area contributed by atoms with Gasteiger partial charge in [-0.1, -0.05) is 66.7 Å². The van der Waals surface area contributed by atoms with E-state index in [0.717, 1.165) is 22.0 Å². The third-order valence-corrected chi connectivity index (χ3v) is 7.59. The molecule has 0 fully saturated rings. The van der Waals surface area contributed by atoms with E-state index in [1.54, 1.807) is 0 Å². The van der Waals surface area contributed by atoms with Crippen LogP contribution in [0.2, 0.25) is 0 Å². The molecule has 0 unspecified atom stereocenters. The molecule has 3 aromatic carbocycles. The van der Waals surface area contributed by atoms with Gasteiger partial charge in [-0.05, 0) is 57.5 Å². The number of hydrogen-bond donors (Lipinski definition) is 0. The van der Waals surface area contributed by atoms with Gasteiger partial charge >= 0.3 is 0 Å². The summed E-state index contributed by atoms with van der Waals surface area (Å²) < 4.78 is 19.6. The fourth-order valence-electron chi connectivity index (χ4n) is 3.84. The van der Waals surface area contributed by atoms with Crippen LogP contribution in [0.5, 0.6) is 0 Å². The van der Waals surface area contributed by atoms with E-state index >= 15 is 0 Å². The summed E-state index contributed by atoms with van der Waals surface area (Å²) in [6.07, 6.45) is 0.640. The van der Waals surface area contributed by atoms with Gasteiger partial charge < -0.3 is 4.90 Å². The first-order valence-corrected chi connectivity index (χ1v) is 12.2. The maximum atomic E-state index is 14.6. The predicted molar refractivity (Wildman–Crippen MR) is 129 cm³/mol. The molecule has 0 aliphatic rings. The molecule has 0 aromatic heterocycles. The molecule has 0 amide bonds. The topological polar surface area (TPSA) is 32.7 Å². The van der Waals surface area contributed by atoms with E-state index in [2.05, 4.69) is 44.7 Å². The number of amidine groups is 1. The van der Waals surface area contributed by atoms with Gasteiger partial charge in [-0.2, -0.15) is 0 Å². The molecule has 0 aliphatic carbocycles.